The monoisotopic (exact) mass is 228 g/mol. The van der Waals surface area contributed by atoms with Crippen LogP contribution < -0.4 is 0 Å². The molecule has 0 heterocycles. The van der Waals surface area contributed by atoms with Crippen LogP contribution in [-0.4, -0.2) is 22.5 Å². The summed E-state index contributed by atoms with van der Waals surface area (Å²) in [5.41, 5.74) is 0. The molecule has 0 fully saturated rings. The van der Waals surface area contributed by atoms with Crippen molar-refractivity contribution in [2.24, 2.45) is 10.7 Å². The van der Waals surface area contributed by atoms with Gasteiger partial charge in [-0.2, -0.15) is 0 Å². The fourth-order valence-electron chi connectivity index (χ4n) is 0. The van der Waals surface area contributed by atoms with Crippen molar-refractivity contribution >= 4 is 22.5 Å². The average Bonchev–Trinajstić information content (AvgIpc) is 1.75. The maximum atomic E-state index is 8.34. The van der Waals surface area contributed by atoms with Gasteiger partial charge in [0.05, 0.1) is 0 Å². The van der Waals surface area contributed by atoms with E-state index in [1.165, 1.54) is 0 Å². The molecule has 8 heteroatoms. The van der Waals surface area contributed by atoms with Gasteiger partial charge in [0.15, 0.2) is 0 Å². The van der Waals surface area contributed by atoms with E-state index in [1.807, 2.05) is 0 Å². The van der Waals surface area contributed by atoms with Gasteiger partial charge < -0.3 is 20.2 Å². The SMILES string of the molecule is O=N[O-].O=N[O-].[O]=[Sn]. The second kappa shape index (κ2) is 95.3. The van der Waals surface area contributed by atoms with Gasteiger partial charge in [0.25, 0.3) is 0 Å². The molecule has 0 aliphatic heterocycles. The Morgan fingerprint density at radius 3 is 1.00 bits per heavy atom. The molecule has 0 saturated heterocycles. The Hall–Kier alpha value is -0.601. The zero-order chi connectivity index (χ0) is 7.41. The minimum atomic E-state index is 0.300. The van der Waals surface area contributed by atoms with Crippen LogP contribution in [-0.2, 0) is 3.08 Å². The summed E-state index contributed by atoms with van der Waals surface area (Å²) in [6.45, 7) is 0. The molecule has 0 N–H and O–H groups in total. The van der Waals surface area contributed by atoms with E-state index in [0.717, 1.165) is 10.7 Å². The van der Waals surface area contributed by atoms with Gasteiger partial charge in [-0.3, -0.25) is 0 Å². The van der Waals surface area contributed by atoms with Crippen molar-refractivity contribution in [2.45, 2.75) is 0 Å². The fourth-order valence-corrected chi connectivity index (χ4v) is 0. The number of hydrogen-bond acceptors (Lipinski definition) is 7. The van der Waals surface area contributed by atoms with Crippen LogP contribution in [0.3, 0.4) is 0 Å². The second-order valence-electron chi connectivity index (χ2n) is 0.149. The Balaban J connectivity index is -0.0000000483. The van der Waals surface area contributed by atoms with E-state index in [-0.39, 0.29) is 0 Å². The molecule has 0 amide bonds. The van der Waals surface area contributed by atoms with Crippen LogP contribution in [0.5, 0.6) is 0 Å². The van der Waals surface area contributed by atoms with Crippen molar-refractivity contribution in [2.75, 3.05) is 0 Å². The van der Waals surface area contributed by atoms with Crippen molar-refractivity contribution in [1.29, 1.82) is 0 Å². The summed E-state index contributed by atoms with van der Waals surface area (Å²) in [6, 6.07) is 0. The van der Waals surface area contributed by atoms with Gasteiger partial charge in [0.2, 0.25) is 0 Å². The van der Waals surface area contributed by atoms with Crippen molar-refractivity contribution in [1.82, 2.24) is 0 Å². The molecule has 0 spiro atoms. The average molecular weight is 227 g/mol. The molecular formula is N2O5Sn-2. The van der Waals surface area contributed by atoms with Crippen LogP contribution in [0, 0.1) is 20.2 Å². The topological polar surface area (TPSA) is 122 Å². The zero-order valence-electron chi connectivity index (χ0n) is 3.44. The number of rotatable bonds is 0. The summed E-state index contributed by atoms with van der Waals surface area (Å²) in [5, 5.41) is 18.0. The predicted octanol–water partition coefficient (Wildman–Crippen LogP) is 0.00160. The molecule has 0 unspecified atom stereocenters. The van der Waals surface area contributed by atoms with Crippen molar-refractivity contribution in [3.8, 4) is 0 Å². The molecule has 2 radical (unpaired) electrons. The van der Waals surface area contributed by atoms with Crippen molar-refractivity contribution in [3.05, 3.63) is 20.2 Å². The van der Waals surface area contributed by atoms with Gasteiger partial charge in [-0.25, -0.2) is 0 Å². The van der Waals surface area contributed by atoms with E-state index in [2.05, 4.69) is 0 Å². The molecule has 0 aromatic carbocycles. The van der Waals surface area contributed by atoms with Crippen LogP contribution in [0.1, 0.15) is 0 Å². The summed E-state index contributed by atoms with van der Waals surface area (Å²) < 4.78 is 8.34. The first kappa shape index (κ1) is 15.7. The van der Waals surface area contributed by atoms with Gasteiger partial charge in [0.1, 0.15) is 0 Å². The summed E-state index contributed by atoms with van der Waals surface area (Å²) >= 11 is 0.300. The molecule has 0 atom stereocenters. The van der Waals surface area contributed by atoms with Crippen LogP contribution in [0.25, 0.3) is 0 Å². The Labute approximate surface area is 57.0 Å². The third-order valence-corrected chi connectivity index (χ3v) is 0. The molecular weight excluding hydrogens is 227 g/mol. The molecule has 0 saturated carbocycles. The summed E-state index contributed by atoms with van der Waals surface area (Å²) in [7, 11) is 0. The second-order valence-corrected chi connectivity index (χ2v) is 0.149. The Kier molecular flexibility index (Phi) is 187. The quantitative estimate of drug-likeness (QED) is 0.327. The standard InChI is InChI=1S/2HNO2.O.Sn/c2*2-1-3;;/h2*(H,2,3);;/p-2. The summed E-state index contributed by atoms with van der Waals surface area (Å²) in [6.07, 6.45) is 0. The molecule has 46 valence electrons. The first-order valence-corrected chi connectivity index (χ1v) is 2.10. The normalized spacial score (nSPS) is 3.50. The van der Waals surface area contributed by atoms with Gasteiger partial charge in [-0.1, -0.05) is 0 Å². The molecule has 0 aliphatic carbocycles. The van der Waals surface area contributed by atoms with Crippen LogP contribution >= 0.6 is 0 Å². The molecule has 0 aromatic rings. The van der Waals surface area contributed by atoms with Gasteiger partial charge >= 0.3 is 25.6 Å². The molecule has 0 aliphatic rings. The Morgan fingerprint density at radius 1 is 1.00 bits per heavy atom. The van der Waals surface area contributed by atoms with Gasteiger partial charge in [-0.15, -0.1) is 10.7 Å². The van der Waals surface area contributed by atoms with Crippen LogP contribution in [0.4, 0.5) is 0 Å². The first-order chi connectivity index (χ1) is 3.83. The molecule has 0 aromatic heterocycles. The molecule has 7 nitrogen and oxygen atoms in total. The molecule has 0 rings (SSSR count). The number of nitrogens with zero attached hydrogens (tertiary/aromatic N) is 2. The summed E-state index contributed by atoms with van der Waals surface area (Å²) in [5.74, 6) is 0. The molecule has 0 bridgehead atoms. The van der Waals surface area contributed by atoms with Crippen LogP contribution in [0.15, 0.2) is 10.7 Å². The van der Waals surface area contributed by atoms with E-state index in [1.54, 1.807) is 0 Å². The van der Waals surface area contributed by atoms with Crippen molar-refractivity contribution in [3.63, 3.8) is 0 Å². The zero-order valence-corrected chi connectivity index (χ0v) is 6.29. The van der Waals surface area contributed by atoms with E-state index in [9.17, 15) is 0 Å². The van der Waals surface area contributed by atoms with Gasteiger partial charge in [0, 0.05) is 0 Å². The Bertz CT molecular complexity index is 39.7. The predicted molar refractivity (Wildman–Crippen MR) is 24.8 cm³/mol. The Morgan fingerprint density at radius 2 is 1.00 bits per heavy atom. The number of hydrogen-bond donors (Lipinski definition) is 0. The van der Waals surface area contributed by atoms with Gasteiger partial charge in [-0.05, 0) is 0 Å². The maximum absolute atomic E-state index is 8.34. The van der Waals surface area contributed by atoms with E-state index in [0.29, 0.717) is 22.5 Å². The first-order valence-electron chi connectivity index (χ1n) is 0.934. The van der Waals surface area contributed by atoms with E-state index in [4.69, 9.17) is 23.3 Å². The third kappa shape index (κ3) is 289. The summed E-state index contributed by atoms with van der Waals surface area (Å²) in [4.78, 5) is 16.0. The van der Waals surface area contributed by atoms with Crippen LogP contribution in [0.2, 0.25) is 0 Å². The fraction of sp³-hybridized carbons (Fsp3) is 0. The minimum absolute atomic E-state index is 0.300. The molecule has 8 heavy (non-hydrogen) atoms. The van der Waals surface area contributed by atoms with E-state index >= 15 is 0 Å². The van der Waals surface area contributed by atoms with E-state index < -0.39 is 0 Å². The third-order valence-electron chi connectivity index (χ3n) is 0. The van der Waals surface area contributed by atoms with Crippen molar-refractivity contribution < 1.29 is 3.08 Å².